The minimum Gasteiger partial charge on any atom is -0.493 e. The first-order valence-corrected chi connectivity index (χ1v) is 8.29. The lowest BCUT2D eigenvalue weighted by molar-refractivity contribution is -0.136. The highest BCUT2D eigenvalue weighted by atomic mass is 35.5. The molecule has 0 atom stereocenters. The van der Waals surface area contributed by atoms with E-state index in [-0.39, 0.29) is 25.0 Å². The summed E-state index contributed by atoms with van der Waals surface area (Å²) < 4.78 is 20.8. The molecule has 2 aromatic carbocycles. The summed E-state index contributed by atoms with van der Waals surface area (Å²) in [5, 5.41) is 0.477. The predicted molar refractivity (Wildman–Crippen MR) is 96.1 cm³/mol. The predicted octanol–water partition coefficient (Wildman–Crippen LogP) is 4.04. The molecule has 26 heavy (non-hydrogen) atoms. The van der Waals surface area contributed by atoms with Gasteiger partial charge >= 0.3 is 11.9 Å². The smallest absolute Gasteiger partial charge is 0.311 e. The molecule has 6 nitrogen and oxygen atoms in total. The minimum atomic E-state index is -0.497. The van der Waals surface area contributed by atoms with Crippen LogP contribution in [0, 0.1) is 0 Å². The van der Waals surface area contributed by atoms with E-state index in [4.69, 9.17) is 30.5 Å². The molecule has 0 heterocycles. The van der Waals surface area contributed by atoms with Crippen LogP contribution in [-0.2, 0) is 9.59 Å². The standard InChI is InChI=1S/C19H19ClO6/c1-23-15-8-4-9-16(24-2)19(15)26-18(22)11-5-10-17(21)25-14-7-3-6-13(20)12-14/h3-4,6-9,12H,5,10-11H2,1-2H3. The van der Waals surface area contributed by atoms with Gasteiger partial charge in [0.05, 0.1) is 14.2 Å². The van der Waals surface area contributed by atoms with Crippen LogP contribution in [0.1, 0.15) is 19.3 Å². The second-order valence-corrected chi connectivity index (χ2v) is 5.69. The Bertz CT molecular complexity index is 752. The number of carbonyl (C=O) groups is 2. The second kappa shape index (κ2) is 9.68. The van der Waals surface area contributed by atoms with Crippen molar-refractivity contribution in [3.05, 3.63) is 47.5 Å². The van der Waals surface area contributed by atoms with Gasteiger partial charge in [-0.1, -0.05) is 23.7 Å². The number of hydrogen-bond donors (Lipinski definition) is 0. The molecule has 2 rings (SSSR count). The lowest BCUT2D eigenvalue weighted by Gasteiger charge is -2.12. The van der Waals surface area contributed by atoms with Gasteiger partial charge in [-0.25, -0.2) is 0 Å². The highest BCUT2D eigenvalue weighted by Crippen LogP contribution is 2.37. The molecular weight excluding hydrogens is 360 g/mol. The van der Waals surface area contributed by atoms with E-state index < -0.39 is 11.9 Å². The molecule has 138 valence electrons. The number of benzene rings is 2. The Balaban J connectivity index is 1.83. The van der Waals surface area contributed by atoms with Crippen molar-refractivity contribution in [3.8, 4) is 23.0 Å². The minimum absolute atomic E-state index is 0.0475. The van der Waals surface area contributed by atoms with Crippen molar-refractivity contribution in [2.45, 2.75) is 19.3 Å². The zero-order valence-electron chi connectivity index (χ0n) is 14.5. The SMILES string of the molecule is COc1cccc(OC)c1OC(=O)CCCC(=O)Oc1cccc(Cl)c1. The van der Waals surface area contributed by atoms with Crippen molar-refractivity contribution >= 4 is 23.5 Å². The molecule has 0 amide bonds. The molecule has 0 bridgehead atoms. The Kier molecular flexibility index (Phi) is 7.29. The Labute approximate surface area is 156 Å². The van der Waals surface area contributed by atoms with Crippen LogP contribution < -0.4 is 18.9 Å². The first-order chi connectivity index (χ1) is 12.5. The van der Waals surface area contributed by atoms with Gasteiger partial charge in [0.1, 0.15) is 5.75 Å². The van der Waals surface area contributed by atoms with Gasteiger partial charge in [0, 0.05) is 17.9 Å². The molecule has 0 saturated carbocycles. The number of ether oxygens (including phenoxy) is 4. The molecule has 0 radical (unpaired) electrons. The Morgan fingerprint density at radius 1 is 0.885 bits per heavy atom. The third-order valence-corrected chi connectivity index (χ3v) is 3.62. The summed E-state index contributed by atoms with van der Waals surface area (Å²) in [6.07, 6.45) is 0.409. The summed E-state index contributed by atoms with van der Waals surface area (Å²) in [5.74, 6) is 0.405. The van der Waals surface area contributed by atoms with Crippen LogP contribution in [0.3, 0.4) is 0 Å². The average molecular weight is 379 g/mol. The summed E-state index contributed by atoms with van der Waals surface area (Å²) >= 11 is 5.83. The van der Waals surface area contributed by atoms with Crippen LogP contribution >= 0.6 is 11.6 Å². The van der Waals surface area contributed by atoms with E-state index in [2.05, 4.69) is 0 Å². The van der Waals surface area contributed by atoms with Gasteiger partial charge in [-0.2, -0.15) is 0 Å². The molecular formula is C19H19ClO6. The van der Waals surface area contributed by atoms with Crippen LogP contribution in [-0.4, -0.2) is 26.2 Å². The third kappa shape index (κ3) is 5.67. The fraction of sp³-hybridized carbons (Fsp3) is 0.263. The van der Waals surface area contributed by atoms with Gasteiger partial charge in [-0.3, -0.25) is 9.59 Å². The monoisotopic (exact) mass is 378 g/mol. The molecule has 0 aliphatic heterocycles. The molecule has 0 fully saturated rings. The summed E-state index contributed by atoms with van der Waals surface area (Å²) in [7, 11) is 2.94. The molecule has 0 saturated heterocycles. The number of hydrogen-bond acceptors (Lipinski definition) is 6. The van der Waals surface area contributed by atoms with Crippen LogP contribution in [0.4, 0.5) is 0 Å². The zero-order chi connectivity index (χ0) is 18.9. The number of methoxy groups -OCH3 is 2. The molecule has 0 aliphatic rings. The number of rotatable bonds is 8. The number of halogens is 1. The topological polar surface area (TPSA) is 71.1 Å². The van der Waals surface area contributed by atoms with E-state index in [0.29, 0.717) is 22.3 Å². The Morgan fingerprint density at radius 2 is 1.46 bits per heavy atom. The summed E-state index contributed by atoms with van der Waals surface area (Å²) in [6.45, 7) is 0. The van der Waals surface area contributed by atoms with Crippen LogP contribution in [0.25, 0.3) is 0 Å². The Hall–Kier alpha value is -2.73. The lowest BCUT2D eigenvalue weighted by atomic mass is 10.2. The highest BCUT2D eigenvalue weighted by Gasteiger charge is 2.16. The fourth-order valence-electron chi connectivity index (χ4n) is 2.17. The quantitative estimate of drug-likeness (QED) is 0.510. The van der Waals surface area contributed by atoms with Crippen LogP contribution in [0.5, 0.6) is 23.0 Å². The largest absolute Gasteiger partial charge is 0.493 e. The molecule has 0 N–H and O–H groups in total. The molecule has 0 aromatic heterocycles. The molecule has 0 aliphatic carbocycles. The zero-order valence-corrected chi connectivity index (χ0v) is 15.2. The van der Waals surface area contributed by atoms with Crippen molar-refractivity contribution in [1.29, 1.82) is 0 Å². The second-order valence-electron chi connectivity index (χ2n) is 5.25. The molecule has 7 heteroatoms. The van der Waals surface area contributed by atoms with E-state index in [1.807, 2.05) is 0 Å². The van der Waals surface area contributed by atoms with Crippen LogP contribution in [0.2, 0.25) is 5.02 Å². The third-order valence-electron chi connectivity index (χ3n) is 3.39. The summed E-state index contributed by atoms with van der Waals surface area (Å²) in [6, 6.07) is 11.6. The summed E-state index contributed by atoms with van der Waals surface area (Å²) in [4.78, 5) is 23.8. The maximum Gasteiger partial charge on any atom is 0.311 e. The van der Waals surface area contributed by atoms with E-state index in [1.54, 1.807) is 42.5 Å². The van der Waals surface area contributed by atoms with Crippen molar-refractivity contribution in [1.82, 2.24) is 0 Å². The van der Waals surface area contributed by atoms with Gasteiger partial charge < -0.3 is 18.9 Å². The number of para-hydroxylation sites is 1. The van der Waals surface area contributed by atoms with E-state index >= 15 is 0 Å². The summed E-state index contributed by atoms with van der Waals surface area (Å²) in [5.41, 5.74) is 0. The van der Waals surface area contributed by atoms with Crippen molar-refractivity contribution in [2.24, 2.45) is 0 Å². The first kappa shape index (κ1) is 19.6. The van der Waals surface area contributed by atoms with Gasteiger partial charge in [0.15, 0.2) is 11.5 Å². The maximum absolute atomic E-state index is 12.0. The molecule has 0 unspecified atom stereocenters. The van der Waals surface area contributed by atoms with Gasteiger partial charge in [0.25, 0.3) is 0 Å². The fourth-order valence-corrected chi connectivity index (χ4v) is 2.35. The molecule has 2 aromatic rings. The van der Waals surface area contributed by atoms with Gasteiger partial charge in [0.2, 0.25) is 5.75 Å². The average Bonchev–Trinajstić information content (AvgIpc) is 2.61. The van der Waals surface area contributed by atoms with Gasteiger partial charge in [-0.15, -0.1) is 0 Å². The number of carbonyl (C=O) groups excluding carboxylic acids is 2. The Morgan fingerprint density at radius 3 is 2.04 bits per heavy atom. The highest BCUT2D eigenvalue weighted by molar-refractivity contribution is 6.30. The van der Waals surface area contributed by atoms with E-state index in [1.165, 1.54) is 14.2 Å². The molecule has 0 spiro atoms. The van der Waals surface area contributed by atoms with Crippen molar-refractivity contribution in [3.63, 3.8) is 0 Å². The lowest BCUT2D eigenvalue weighted by Crippen LogP contribution is -2.12. The number of esters is 2. The van der Waals surface area contributed by atoms with E-state index in [9.17, 15) is 9.59 Å². The van der Waals surface area contributed by atoms with Crippen molar-refractivity contribution in [2.75, 3.05) is 14.2 Å². The maximum atomic E-state index is 12.0. The first-order valence-electron chi connectivity index (χ1n) is 7.91. The van der Waals surface area contributed by atoms with Crippen LogP contribution in [0.15, 0.2) is 42.5 Å². The van der Waals surface area contributed by atoms with Gasteiger partial charge in [-0.05, 0) is 36.8 Å². The normalized spacial score (nSPS) is 10.1. The van der Waals surface area contributed by atoms with Crippen molar-refractivity contribution < 1.29 is 28.5 Å². The van der Waals surface area contributed by atoms with E-state index in [0.717, 1.165) is 0 Å².